The van der Waals surface area contributed by atoms with E-state index in [-0.39, 0.29) is 30.4 Å². The molecule has 2 aliphatic carbocycles. The maximum absolute atomic E-state index is 9.00. The first kappa shape index (κ1) is 60.9. The second-order valence-corrected chi connectivity index (χ2v) is 31.6. The van der Waals surface area contributed by atoms with Crippen molar-refractivity contribution in [1.82, 2.24) is 19.9 Å². The minimum atomic E-state index is -2.67. The number of nitrogens with zero attached hydrogens (tertiary/aromatic N) is 8. The highest BCUT2D eigenvalue weighted by atomic mass is 16.4. The van der Waals surface area contributed by atoms with Gasteiger partial charge in [-0.2, -0.15) is 0 Å². The summed E-state index contributed by atoms with van der Waals surface area (Å²) in [7, 11) is 8.13. The van der Waals surface area contributed by atoms with Crippen molar-refractivity contribution in [3.8, 4) is 45.0 Å². The Bertz CT molecular complexity index is 6920. The van der Waals surface area contributed by atoms with Crippen molar-refractivity contribution in [3.63, 3.8) is 0 Å². The van der Waals surface area contributed by atoms with Crippen molar-refractivity contribution in [1.29, 1.82) is 0 Å². The van der Waals surface area contributed by atoms with Crippen LogP contribution in [0.4, 0.5) is 0 Å². The molecule has 2 aliphatic rings. The third-order valence-corrected chi connectivity index (χ3v) is 22.2. The third kappa shape index (κ3) is 15.2. The highest BCUT2D eigenvalue weighted by molar-refractivity contribution is 6.12. The van der Waals surface area contributed by atoms with Gasteiger partial charge in [-0.3, -0.25) is 0 Å². The van der Waals surface area contributed by atoms with Gasteiger partial charge in [0.2, 0.25) is 45.6 Å². The van der Waals surface area contributed by atoms with Gasteiger partial charge in [-0.05, 0) is 184 Å². The van der Waals surface area contributed by atoms with Gasteiger partial charge in [-0.15, -0.1) is 0 Å². The van der Waals surface area contributed by atoms with Crippen LogP contribution in [-0.2, 0) is 65.7 Å². The first-order chi connectivity index (χ1) is 59.3. The van der Waals surface area contributed by atoms with Gasteiger partial charge in [0.15, 0.2) is 47.1 Å². The molecule has 572 valence electrons. The summed E-state index contributed by atoms with van der Waals surface area (Å²) in [5.74, 6) is -3.45. The molecule has 0 bridgehead atoms. The highest BCUT2D eigenvalue weighted by Crippen LogP contribution is 2.44. The van der Waals surface area contributed by atoms with Gasteiger partial charge in [0, 0.05) is 151 Å². The first-order valence-electron chi connectivity index (χ1n) is 46.6. The predicted octanol–water partition coefficient (Wildman–Crippen LogP) is 24.0. The summed E-state index contributed by atoms with van der Waals surface area (Å²) in [6, 6.07) is 48.9. The molecule has 12 heterocycles. The van der Waals surface area contributed by atoms with Crippen LogP contribution in [0, 0.1) is 33.1 Å². The number of hydrogen-bond acceptors (Lipinski definition) is 8. The molecular formula is C100H112N8O4+4. The second kappa shape index (κ2) is 31.4. The summed E-state index contributed by atoms with van der Waals surface area (Å²) in [5.41, 5.74) is 22.9. The van der Waals surface area contributed by atoms with Crippen LogP contribution in [0.25, 0.3) is 133 Å². The van der Waals surface area contributed by atoms with Crippen LogP contribution >= 0.6 is 0 Å². The Morgan fingerprint density at radius 1 is 0.384 bits per heavy atom. The topological polar surface area (TPSA) is 120 Å². The zero-order valence-electron chi connectivity index (χ0n) is 81.7. The molecule has 16 aromatic rings. The quantitative estimate of drug-likeness (QED) is 0.117. The van der Waals surface area contributed by atoms with Crippen LogP contribution < -0.4 is 18.3 Å². The van der Waals surface area contributed by atoms with E-state index in [2.05, 4.69) is 212 Å². The SMILES string of the molecule is CCc1cc[n+](C)c(-c2c(C)ccc3c2oc2nc(C(C)(C)C)ccc23)c1.[2H]C([2H])([2H])C(C)(Cc1ccc2c(n1)oc1c(-c3cc(CC)cc[n+]3C)c(C)ccc12)C([2H])([2H])[2H].[2H]C1([2H])CCCC([2H])([2H])C1([2H])c1ccc2c(n1)oc1c(-c3cc(CC)cc[n+]3C)c(C)ccc12.[2H]C1([2H])CCCC1([2H])c1ccc2c(n1)oc1c(-c3cc(CC)cc[n+]3C)c(C)ccc12. The fourth-order valence-corrected chi connectivity index (χ4v) is 15.7. The molecule has 1 unspecified atom stereocenters. The van der Waals surface area contributed by atoms with E-state index in [4.69, 9.17) is 41.8 Å². The molecule has 0 amide bonds. The van der Waals surface area contributed by atoms with Gasteiger partial charge in [0.05, 0.1) is 22.3 Å². The average Bonchev–Trinajstić information content (AvgIpc) is 0.849. The van der Waals surface area contributed by atoms with E-state index in [1.807, 2.05) is 77.7 Å². The van der Waals surface area contributed by atoms with Crippen LogP contribution in [0.2, 0.25) is 0 Å². The molecular weight excluding hydrogens is 1380 g/mol. The molecule has 4 aromatic carbocycles. The van der Waals surface area contributed by atoms with E-state index in [1.165, 1.54) is 40.4 Å². The van der Waals surface area contributed by atoms with E-state index in [1.54, 1.807) is 18.2 Å². The van der Waals surface area contributed by atoms with E-state index >= 15 is 0 Å². The van der Waals surface area contributed by atoms with Gasteiger partial charge < -0.3 is 17.7 Å². The molecule has 0 saturated heterocycles. The van der Waals surface area contributed by atoms with Crippen molar-refractivity contribution in [3.05, 3.63) is 238 Å². The number of hydrogen-bond donors (Lipinski definition) is 0. The Balaban J connectivity index is 0.000000130. The van der Waals surface area contributed by atoms with E-state index in [9.17, 15) is 0 Å². The molecule has 12 nitrogen and oxygen atoms in total. The summed E-state index contributed by atoms with van der Waals surface area (Å²) < 4.78 is 149. The van der Waals surface area contributed by atoms with Crippen LogP contribution in [-0.4, -0.2) is 19.9 Å². The van der Waals surface area contributed by atoms with Gasteiger partial charge in [0.1, 0.15) is 28.2 Å². The fourth-order valence-electron chi connectivity index (χ4n) is 15.7. The number of benzene rings is 4. The van der Waals surface area contributed by atoms with Crippen molar-refractivity contribution in [2.45, 2.75) is 204 Å². The van der Waals surface area contributed by atoms with Gasteiger partial charge in [0.25, 0.3) is 0 Å². The summed E-state index contributed by atoms with van der Waals surface area (Å²) in [5, 5.41) is 7.47. The Hall–Kier alpha value is -10.7. The maximum Gasteiger partial charge on any atom is 0.227 e. The Labute approximate surface area is 680 Å². The average molecular weight is 1500 g/mol. The molecule has 0 aliphatic heterocycles. The van der Waals surface area contributed by atoms with Crippen molar-refractivity contribution < 1.29 is 55.1 Å². The van der Waals surface area contributed by atoms with Crippen LogP contribution in [0.1, 0.15) is 225 Å². The molecule has 18 rings (SSSR count). The Kier molecular flexibility index (Phi) is 17.1. The summed E-state index contributed by atoms with van der Waals surface area (Å²) >= 11 is 0. The number of aryl methyl sites for hydroxylation is 12. The summed E-state index contributed by atoms with van der Waals surface area (Å²) in [6.45, 7) is 19.4. The van der Waals surface area contributed by atoms with E-state index in [0.717, 1.165) is 147 Å². The normalized spacial score (nSPS) is 18.6. The molecule has 1 atom stereocenters. The van der Waals surface area contributed by atoms with Gasteiger partial charge >= 0.3 is 0 Å². The van der Waals surface area contributed by atoms with Crippen molar-refractivity contribution in [2.75, 3.05) is 0 Å². The zero-order valence-corrected chi connectivity index (χ0v) is 67.7. The summed E-state index contributed by atoms with van der Waals surface area (Å²) in [6.07, 6.45) is 8.44. The van der Waals surface area contributed by atoms with Crippen LogP contribution in [0.15, 0.2) is 188 Å². The summed E-state index contributed by atoms with van der Waals surface area (Å²) in [4.78, 5) is 18.7. The molecule has 12 aromatic heterocycles. The largest absolute Gasteiger partial charge is 0.437 e. The molecule has 112 heavy (non-hydrogen) atoms. The van der Waals surface area contributed by atoms with Gasteiger partial charge in [-0.25, -0.2) is 38.2 Å². The number of fused-ring (bicyclic) bond motifs is 12. The van der Waals surface area contributed by atoms with Crippen LogP contribution in [0.5, 0.6) is 0 Å². The van der Waals surface area contributed by atoms with Crippen molar-refractivity contribution in [2.24, 2.45) is 33.6 Å². The lowest BCUT2D eigenvalue weighted by Crippen LogP contribution is -2.30. The molecule has 0 spiro atoms. The number of aromatic nitrogens is 8. The smallest absolute Gasteiger partial charge is 0.227 e. The monoisotopic (exact) mass is 1500 g/mol. The lowest BCUT2D eigenvalue weighted by Gasteiger charge is -2.20. The maximum atomic E-state index is 9.00. The number of rotatable bonds is 11. The standard InChI is InChI=1S/C26H29N2O.C25H27N2O.C25H29N2O.C24H27N2O/c1-4-18-14-15-28(3)23(16-18)24-17(2)10-11-20-21-12-13-22(19-8-6-5-7-9-19)27-26(21)29-25(20)24;1-4-17-13-14-27(3)22(15-17)23-16(2)9-10-19-20-11-12-21(18-7-5-6-8-18)26-25(20)28-24(19)23;1-7-17-12-13-27(6)21(14-17)22-16(2)8-10-19-20-11-9-18(15-25(3,4)5)26-24(20)28-23(19)22;1-7-16-12-13-26(6)19(14-16)21-15(2)8-9-17-18-10-11-20(24(3,4)5)25-23(18)27-22(17)21/h10-16,19H,4-9H2,1-3H3;9-15,18H,4-8H2,1-3H3;8-14H,7,15H2,1-6H3;8-14H,7H2,1-6H3/q4*+1/i8D2,9D2,19D;7D2,18D;3D3,4D3;. The zero-order chi connectivity index (χ0) is 90.8. The molecule has 0 N–H and O–H groups in total. The van der Waals surface area contributed by atoms with E-state index in [0.29, 0.717) is 65.4 Å². The third-order valence-electron chi connectivity index (χ3n) is 22.2. The number of pyridine rings is 8. The first-order valence-corrected chi connectivity index (χ1v) is 39.6. The molecule has 0 radical (unpaired) electrons. The van der Waals surface area contributed by atoms with Crippen molar-refractivity contribution >= 4 is 88.3 Å². The highest BCUT2D eigenvalue weighted by Gasteiger charge is 2.30. The minimum Gasteiger partial charge on any atom is -0.437 e. The lowest BCUT2D eigenvalue weighted by molar-refractivity contribution is -0.660. The lowest BCUT2D eigenvalue weighted by atomic mass is 9.86. The molecule has 12 heteroatoms. The Morgan fingerprint density at radius 3 is 1.05 bits per heavy atom. The number of furan rings is 4. The Morgan fingerprint density at radius 2 is 0.705 bits per heavy atom. The predicted molar refractivity (Wildman–Crippen MR) is 458 cm³/mol. The fraction of sp³-hybridized carbons (Fsp3) is 0.360. The second-order valence-electron chi connectivity index (χ2n) is 31.6. The minimum absolute atomic E-state index is 0.00614. The molecule has 2 fully saturated rings. The molecule has 2 saturated carbocycles. The van der Waals surface area contributed by atoms with E-state index < -0.39 is 50.0 Å². The van der Waals surface area contributed by atoms with Gasteiger partial charge in [-0.1, -0.05) is 150 Å². The van der Waals surface area contributed by atoms with Crippen LogP contribution in [0.3, 0.4) is 0 Å².